The fraction of sp³-hybridized carbons (Fsp3) is 0.576. The fourth-order valence-corrected chi connectivity index (χ4v) is 4.31. The van der Waals surface area contributed by atoms with Gasteiger partial charge in [0.25, 0.3) is 11.8 Å². The molecule has 49 heavy (non-hydrogen) atoms. The van der Waals surface area contributed by atoms with Crippen molar-refractivity contribution in [1.29, 1.82) is 0 Å². The number of carbonyl (C=O) groups excluding carboxylic acids is 6. The number of rotatable bonds is 21. The smallest absolute Gasteiger partial charge is 0.311 e. The maximum Gasteiger partial charge on any atom is 0.311 e. The van der Waals surface area contributed by atoms with Crippen LogP contribution in [0, 0.1) is 11.3 Å². The number of amides is 5. The molecule has 0 radical (unpaired) electrons. The molecule has 0 spiro atoms. The summed E-state index contributed by atoms with van der Waals surface area (Å²) in [7, 11) is 0. The molecule has 272 valence electrons. The van der Waals surface area contributed by atoms with Crippen molar-refractivity contribution in [3.05, 3.63) is 42.0 Å². The summed E-state index contributed by atoms with van der Waals surface area (Å²) in [6.45, 7) is 9.15. The molecule has 0 aromatic heterocycles. The topological polar surface area (TPSA) is 228 Å². The van der Waals surface area contributed by atoms with Crippen molar-refractivity contribution in [1.82, 2.24) is 20.9 Å². The Balaban J connectivity index is 1.89. The lowest BCUT2D eigenvalue weighted by atomic mass is 9.97. The van der Waals surface area contributed by atoms with E-state index in [0.29, 0.717) is 12.1 Å². The van der Waals surface area contributed by atoms with Crippen LogP contribution >= 0.6 is 0 Å². The van der Waals surface area contributed by atoms with Crippen LogP contribution in [-0.4, -0.2) is 103 Å². The zero-order chi connectivity index (χ0) is 36.6. The number of hydrogen-bond donors (Lipinski definition) is 6. The van der Waals surface area contributed by atoms with E-state index in [-0.39, 0.29) is 64.4 Å². The van der Waals surface area contributed by atoms with Crippen molar-refractivity contribution in [2.24, 2.45) is 17.1 Å². The molecule has 1 aliphatic heterocycles. The highest BCUT2D eigenvalue weighted by molar-refractivity contribution is 6.12. The second-order valence-corrected chi connectivity index (χ2v) is 12.7. The SMILES string of the molecule is CC(C)[C@H](NC(=O)COCCOCCN1C(=O)C=CC1=O)C(=O)N[C@@H](CCCNC(N)O)C(=O)Nc1ccc(COC(=O)C(C)(C)C)cc1. The van der Waals surface area contributed by atoms with Crippen LogP contribution in [-0.2, 0) is 49.6 Å². The van der Waals surface area contributed by atoms with Crippen molar-refractivity contribution < 1.29 is 48.1 Å². The van der Waals surface area contributed by atoms with Crippen molar-refractivity contribution in [3.8, 4) is 0 Å². The van der Waals surface area contributed by atoms with E-state index in [1.54, 1.807) is 58.9 Å². The summed E-state index contributed by atoms with van der Waals surface area (Å²) < 4.78 is 16.0. The number of esters is 1. The highest BCUT2D eigenvalue weighted by Crippen LogP contribution is 2.18. The van der Waals surface area contributed by atoms with E-state index in [4.69, 9.17) is 19.9 Å². The van der Waals surface area contributed by atoms with Crippen molar-refractivity contribution in [3.63, 3.8) is 0 Å². The Bertz CT molecular complexity index is 1290. The van der Waals surface area contributed by atoms with Gasteiger partial charge in [0.2, 0.25) is 17.7 Å². The molecule has 1 unspecified atom stereocenters. The molecule has 1 aromatic carbocycles. The molecule has 0 saturated heterocycles. The molecule has 0 bridgehead atoms. The number of nitrogens with one attached hydrogen (secondary N) is 4. The van der Waals surface area contributed by atoms with Crippen molar-refractivity contribution in [2.45, 2.75) is 72.5 Å². The van der Waals surface area contributed by atoms with E-state index in [1.807, 2.05) is 0 Å². The summed E-state index contributed by atoms with van der Waals surface area (Å²) >= 11 is 0. The molecule has 0 fully saturated rings. The number of aliphatic hydroxyl groups excluding tert-OH is 1. The third-order valence-corrected chi connectivity index (χ3v) is 7.09. The first kappa shape index (κ1) is 41.0. The zero-order valence-corrected chi connectivity index (χ0v) is 28.8. The number of anilines is 1. The van der Waals surface area contributed by atoms with Gasteiger partial charge in [0, 0.05) is 17.8 Å². The normalized spacial score (nSPS) is 14.8. The highest BCUT2D eigenvalue weighted by atomic mass is 16.5. The van der Waals surface area contributed by atoms with Crippen molar-refractivity contribution >= 4 is 41.2 Å². The van der Waals surface area contributed by atoms with E-state index in [0.717, 1.165) is 10.5 Å². The van der Waals surface area contributed by atoms with Gasteiger partial charge in [0.15, 0.2) is 6.35 Å². The summed E-state index contributed by atoms with van der Waals surface area (Å²) in [5.41, 5.74) is 5.87. The van der Waals surface area contributed by atoms with Gasteiger partial charge >= 0.3 is 5.97 Å². The second-order valence-electron chi connectivity index (χ2n) is 12.7. The minimum absolute atomic E-state index is 0.0585. The molecule has 16 heteroatoms. The maximum atomic E-state index is 13.3. The first-order valence-corrected chi connectivity index (χ1v) is 16.1. The number of hydrogen-bond acceptors (Lipinski definition) is 12. The number of nitrogens with two attached hydrogens (primary N) is 1. The van der Waals surface area contributed by atoms with Gasteiger partial charge in [-0.15, -0.1) is 0 Å². The first-order valence-electron chi connectivity index (χ1n) is 16.1. The predicted molar refractivity (Wildman–Crippen MR) is 178 cm³/mol. The molecule has 5 amide bonds. The Labute approximate surface area is 286 Å². The number of ether oxygens (including phenoxy) is 3. The Morgan fingerprint density at radius 3 is 2.14 bits per heavy atom. The minimum atomic E-state index is -1.24. The molecule has 1 aromatic rings. The van der Waals surface area contributed by atoms with Crippen LogP contribution < -0.4 is 27.0 Å². The van der Waals surface area contributed by atoms with E-state index in [1.165, 1.54) is 12.2 Å². The largest absolute Gasteiger partial charge is 0.460 e. The average Bonchev–Trinajstić information content (AvgIpc) is 3.35. The molecule has 0 saturated carbocycles. The number of carbonyl (C=O) groups is 6. The number of imide groups is 1. The van der Waals surface area contributed by atoms with Gasteiger partial charge in [0.1, 0.15) is 25.3 Å². The van der Waals surface area contributed by atoms with Gasteiger partial charge in [-0.1, -0.05) is 26.0 Å². The third kappa shape index (κ3) is 15.3. The summed E-state index contributed by atoms with van der Waals surface area (Å²) in [4.78, 5) is 75.4. The van der Waals surface area contributed by atoms with Crippen LogP contribution in [0.15, 0.2) is 36.4 Å². The van der Waals surface area contributed by atoms with E-state index >= 15 is 0 Å². The maximum absolute atomic E-state index is 13.3. The summed E-state index contributed by atoms with van der Waals surface area (Å²) in [5, 5.41) is 20.1. The quantitative estimate of drug-likeness (QED) is 0.0430. The molecule has 0 aliphatic carbocycles. The van der Waals surface area contributed by atoms with Crippen LogP contribution in [0.1, 0.15) is 53.0 Å². The van der Waals surface area contributed by atoms with Crippen LogP contribution in [0.3, 0.4) is 0 Å². The molecular formula is C33H50N6O10. The van der Waals surface area contributed by atoms with E-state index < -0.39 is 53.4 Å². The summed E-state index contributed by atoms with van der Waals surface area (Å²) in [6.07, 6.45) is 1.71. The lowest BCUT2D eigenvalue weighted by molar-refractivity contribution is -0.154. The monoisotopic (exact) mass is 690 g/mol. The standard InChI is InChI=1S/C33H50N6O10/c1-21(2)28(38-25(40)20-48-18-17-47-16-15-39-26(41)12-13-27(39)42)30(44)37-24(7-6-14-35-32(34)46)29(43)36-23-10-8-22(9-11-23)19-49-31(45)33(3,4)5/h8-13,21,24,28,32,35,46H,6-7,14-20,34H2,1-5H3,(H,36,43)(H,37,44)(H,38,40)/t24-,28-,32?/m0/s1. The van der Waals surface area contributed by atoms with Crippen LogP contribution in [0.25, 0.3) is 0 Å². The fourth-order valence-electron chi connectivity index (χ4n) is 4.31. The van der Waals surface area contributed by atoms with Crippen LogP contribution in [0.5, 0.6) is 0 Å². The molecule has 3 atom stereocenters. The molecular weight excluding hydrogens is 640 g/mol. The van der Waals surface area contributed by atoms with Gasteiger partial charge < -0.3 is 35.3 Å². The number of benzene rings is 1. The van der Waals surface area contributed by atoms with Crippen LogP contribution in [0.4, 0.5) is 5.69 Å². The van der Waals surface area contributed by atoms with Gasteiger partial charge in [-0.3, -0.25) is 44.7 Å². The van der Waals surface area contributed by atoms with E-state index in [9.17, 15) is 33.9 Å². The first-order chi connectivity index (χ1) is 23.1. The summed E-state index contributed by atoms with van der Waals surface area (Å²) in [6, 6.07) is 4.74. The molecule has 16 nitrogen and oxygen atoms in total. The number of nitrogens with zero attached hydrogens (tertiary/aromatic N) is 1. The lowest BCUT2D eigenvalue weighted by Crippen LogP contribution is -2.55. The Hall–Kier alpha value is -4.22. The van der Waals surface area contributed by atoms with Crippen LogP contribution in [0.2, 0.25) is 0 Å². The molecule has 2 rings (SSSR count). The summed E-state index contributed by atoms with van der Waals surface area (Å²) in [5.74, 6) is -3.10. The van der Waals surface area contributed by atoms with Gasteiger partial charge in [-0.25, -0.2) is 0 Å². The second kappa shape index (κ2) is 20.3. The molecule has 1 aliphatic rings. The van der Waals surface area contributed by atoms with E-state index in [2.05, 4.69) is 21.3 Å². The number of aliphatic hydroxyl groups is 1. The molecule has 7 N–H and O–H groups in total. The Morgan fingerprint density at radius 1 is 0.918 bits per heavy atom. The average molecular weight is 691 g/mol. The zero-order valence-electron chi connectivity index (χ0n) is 28.8. The highest BCUT2D eigenvalue weighted by Gasteiger charge is 2.29. The Kier molecular flexibility index (Phi) is 17.0. The third-order valence-electron chi connectivity index (χ3n) is 7.09. The van der Waals surface area contributed by atoms with Gasteiger partial charge in [0.05, 0.1) is 31.8 Å². The molecule has 1 heterocycles. The van der Waals surface area contributed by atoms with Gasteiger partial charge in [-0.05, 0) is 63.8 Å². The Morgan fingerprint density at radius 2 is 1.55 bits per heavy atom. The van der Waals surface area contributed by atoms with Crippen molar-refractivity contribution in [2.75, 3.05) is 44.8 Å². The lowest BCUT2D eigenvalue weighted by Gasteiger charge is -2.25. The van der Waals surface area contributed by atoms with Gasteiger partial charge in [-0.2, -0.15) is 0 Å². The predicted octanol–water partition coefficient (Wildman–Crippen LogP) is -0.0974. The minimum Gasteiger partial charge on any atom is -0.460 e.